The number of rotatable bonds is 2. The van der Waals surface area contributed by atoms with E-state index < -0.39 is 11.8 Å². The molecule has 0 saturated heterocycles. The molecule has 2 aromatic rings. The number of fused-ring (bicyclic) bond motifs is 1. The summed E-state index contributed by atoms with van der Waals surface area (Å²) < 4.78 is 24.0. The van der Waals surface area contributed by atoms with E-state index in [0.29, 0.717) is 21.3 Å². The molecular weight excluding hydrogens is 305 g/mol. The summed E-state index contributed by atoms with van der Waals surface area (Å²) in [5.74, 6) is -0.936. The number of esters is 1. The summed E-state index contributed by atoms with van der Waals surface area (Å²) >= 11 is 3.22. The predicted molar refractivity (Wildman–Crippen MR) is 67.3 cm³/mol. The highest BCUT2D eigenvalue weighted by Gasteiger charge is 2.16. The monoisotopic (exact) mass is 313 g/mol. The van der Waals surface area contributed by atoms with Crippen LogP contribution in [0.3, 0.4) is 0 Å². The van der Waals surface area contributed by atoms with Crippen molar-refractivity contribution in [2.24, 2.45) is 0 Å². The molecular formula is C12H9BrFNO3. The van der Waals surface area contributed by atoms with E-state index in [9.17, 15) is 9.18 Å². The molecule has 0 fully saturated rings. The van der Waals surface area contributed by atoms with Crippen molar-refractivity contribution in [3.63, 3.8) is 0 Å². The van der Waals surface area contributed by atoms with Crippen LogP contribution in [0.2, 0.25) is 0 Å². The largest absolute Gasteiger partial charge is 0.496 e. The summed E-state index contributed by atoms with van der Waals surface area (Å²) in [6.45, 7) is 0. The lowest BCUT2D eigenvalue weighted by Gasteiger charge is -2.08. The van der Waals surface area contributed by atoms with E-state index in [1.807, 2.05) is 0 Å². The fourth-order valence-electron chi connectivity index (χ4n) is 1.62. The van der Waals surface area contributed by atoms with Gasteiger partial charge in [-0.25, -0.2) is 14.2 Å². The number of nitrogens with zero attached hydrogens (tertiary/aromatic N) is 1. The van der Waals surface area contributed by atoms with Crippen LogP contribution in [0, 0.1) is 5.82 Å². The van der Waals surface area contributed by atoms with Gasteiger partial charge >= 0.3 is 5.97 Å². The van der Waals surface area contributed by atoms with Crippen molar-refractivity contribution >= 4 is 32.8 Å². The normalized spacial score (nSPS) is 10.4. The number of ether oxygens (including phenoxy) is 2. The highest BCUT2D eigenvalue weighted by atomic mass is 79.9. The van der Waals surface area contributed by atoms with Crippen LogP contribution in [0.15, 0.2) is 22.8 Å². The second-order valence-electron chi connectivity index (χ2n) is 3.49. The van der Waals surface area contributed by atoms with Gasteiger partial charge in [-0.2, -0.15) is 0 Å². The minimum absolute atomic E-state index is 0.155. The van der Waals surface area contributed by atoms with E-state index in [4.69, 9.17) is 4.74 Å². The summed E-state index contributed by atoms with van der Waals surface area (Å²) in [5, 5.41) is 0.492. The fourth-order valence-corrected chi connectivity index (χ4v) is 2.02. The zero-order chi connectivity index (χ0) is 13.3. The third-order valence-corrected chi connectivity index (χ3v) is 2.86. The highest BCUT2D eigenvalue weighted by molar-refractivity contribution is 9.10. The zero-order valence-corrected chi connectivity index (χ0v) is 11.2. The molecule has 2 rings (SSSR count). The number of carbonyl (C=O) groups excluding carboxylic acids is 1. The van der Waals surface area contributed by atoms with Crippen molar-refractivity contribution in [3.05, 3.63) is 34.2 Å². The van der Waals surface area contributed by atoms with E-state index in [2.05, 4.69) is 25.7 Å². The minimum atomic E-state index is -0.741. The predicted octanol–water partition coefficient (Wildman–Crippen LogP) is 2.93. The van der Waals surface area contributed by atoms with E-state index in [1.165, 1.54) is 26.4 Å². The summed E-state index contributed by atoms with van der Waals surface area (Å²) in [6.07, 6.45) is 0. The Morgan fingerprint density at radius 1 is 1.33 bits per heavy atom. The Morgan fingerprint density at radius 3 is 2.67 bits per heavy atom. The third-order valence-electron chi connectivity index (χ3n) is 2.45. The van der Waals surface area contributed by atoms with Gasteiger partial charge in [-0.1, -0.05) is 0 Å². The number of hydrogen-bond donors (Lipinski definition) is 0. The smallest absolute Gasteiger partial charge is 0.340 e. The maximum atomic E-state index is 13.8. The molecule has 18 heavy (non-hydrogen) atoms. The van der Waals surface area contributed by atoms with Gasteiger partial charge in [0.05, 0.1) is 25.3 Å². The number of pyridine rings is 1. The van der Waals surface area contributed by atoms with Crippen LogP contribution in [0.4, 0.5) is 4.39 Å². The molecule has 4 nitrogen and oxygen atoms in total. The molecule has 94 valence electrons. The van der Waals surface area contributed by atoms with E-state index in [1.54, 1.807) is 6.07 Å². The number of hydrogen-bond acceptors (Lipinski definition) is 4. The summed E-state index contributed by atoms with van der Waals surface area (Å²) in [4.78, 5) is 15.5. The molecule has 0 saturated carbocycles. The van der Waals surface area contributed by atoms with E-state index in [0.717, 1.165) is 0 Å². The molecule has 0 aliphatic carbocycles. The first-order chi connectivity index (χ1) is 8.56. The molecule has 0 aliphatic rings. The number of methoxy groups -OCH3 is 2. The molecule has 0 amide bonds. The van der Waals surface area contributed by atoms with Crippen molar-refractivity contribution in [2.45, 2.75) is 0 Å². The van der Waals surface area contributed by atoms with Crippen LogP contribution in [-0.2, 0) is 4.74 Å². The van der Waals surface area contributed by atoms with Crippen molar-refractivity contribution in [2.75, 3.05) is 14.2 Å². The van der Waals surface area contributed by atoms with Crippen molar-refractivity contribution in [1.29, 1.82) is 0 Å². The molecule has 0 radical (unpaired) electrons. The average molecular weight is 314 g/mol. The minimum Gasteiger partial charge on any atom is -0.496 e. The number of halogens is 2. The molecule has 0 atom stereocenters. The molecule has 1 heterocycles. The number of benzene rings is 1. The SMILES string of the molecule is COC(=O)c1cc2nc(Br)cc(OC)c2cc1F. The molecule has 0 spiro atoms. The molecule has 0 bridgehead atoms. The van der Waals surface area contributed by atoms with Gasteiger partial charge in [-0.15, -0.1) is 0 Å². The Kier molecular flexibility index (Phi) is 3.47. The Morgan fingerprint density at radius 2 is 2.06 bits per heavy atom. The summed E-state index contributed by atoms with van der Waals surface area (Å²) in [7, 11) is 2.67. The maximum Gasteiger partial charge on any atom is 0.340 e. The molecule has 6 heteroatoms. The quantitative estimate of drug-likeness (QED) is 0.632. The van der Waals surface area contributed by atoms with Crippen LogP contribution in [-0.4, -0.2) is 25.2 Å². The van der Waals surface area contributed by atoms with Crippen molar-refractivity contribution < 1.29 is 18.7 Å². The van der Waals surface area contributed by atoms with E-state index in [-0.39, 0.29) is 5.56 Å². The van der Waals surface area contributed by atoms with Crippen LogP contribution >= 0.6 is 15.9 Å². The topological polar surface area (TPSA) is 48.4 Å². The zero-order valence-electron chi connectivity index (χ0n) is 9.66. The average Bonchev–Trinajstić information content (AvgIpc) is 2.36. The van der Waals surface area contributed by atoms with Crippen LogP contribution in [0.1, 0.15) is 10.4 Å². The molecule has 1 aromatic carbocycles. The van der Waals surface area contributed by atoms with Gasteiger partial charge in [0.15, 0.2) is 0 Å². The first-order valence-corrected chi connectivity index (χ1v) is 5.78. The van der Waals surface area contributed by atoms with Crippen molar-refractivity contribution in [1.82, 2.24) is 4.98 Å². The fraction of sp³-hybridized carbons (Fsp3) is 0.167. The third kappa shape index (κ3) is 2.15. The Bertz CT molecular complexity index is 630. The van der Waals surface area contributed by atoms with E-state index >= 15 is 0 Å². The van der Waals surface area contributed by atoms with Gasteiger partial charge in [0, 0.05) is 11.5 Å². The second-order valence-corrected chi connectivity index (χ2v) is 4.30. The van der Waals surface area contributed by atoms with Crippen LogP contribution in [0.5, 0.6) is 5.75 Å². The highest BCUT2D eigenvalue weighted by Crippen LogP contribution is 2.29. The standard InChI is InChI=1S/C12H9BrFNO3/c1-17-10-5-11(13)15-9-4-6(12(16)18-2)8(14)3-7(9)10/h3-5H,1-2H3. The first-order valence-electron chi connectivity index (χ1n) is 4.99. The summed E-state index contributed by atoms with van der Waals surface area (Å²) in [6, 6.07) is 4.17. The molecule has 0 N–H and O–H groups in total. The Labute approximate surface area is 111 Å². The Balaban J connectivity index is 2.75. The lowest BCUT2D eigenvalue weighted by Crippen LogP contribution is -2.05. The van der Waals surface area contributed by atoms with Gasteiger partial charge in [0.1, 0.15) is 16.2 Å². The maximum absolute atomic E-state index is 13.8. The first kappa shape index (κ1) is 12.8. The number of carbonyl (C=O) groups is 1. The van der Waals surface area contributed by atoms with Crippen LogP contribution in [0.25, 0.3) is 10.9 Å². The van der Waals surface area contributed by atoms with Gasteiger partial charge < -0.3 is 9.47 Å². The van der Waals surface area contributed by atoms with Crippen molar-refractivity contribution in [3.8, 4) is 5.75 Å². The number of aromatic nitrogens is 1. The lowest BCUT2D eigenvalue weighted by molar-refractivity contribution is 0.0595. The Hall–Kier alpha value is -1.69. The van der Waals surface area contributed by atoms with Gasteiger partial charge in [0.25, 0.3) is 0 Å². The lowest BCUT2D eigenvalue weighted by atomic mass is 10.1. The second kappa shape index (κ2) is 4.89. The van der Waals surface area contributed by atoms with Crippen LogP contribution < -0.4 is 4.74 Å². The molecule has 0 unspecified atom stereocenters. The molecule has 0 aliphatic heterocycles. The summed E-state index contributed by atoms with van der Waals surface area (Å²) in [5.41, 5.74) is 0.292. The van der Waals surface area contributed by atoms with Gasteiger partial charge in [-0.05, 0) is 28.1 Å². The molecule has 1 aromatic heterocycles. The van der Waals surface area contributed by atoms with Gasteiger partial charge in [-0.3, -0.25) is 0 Å². The van der Waals surface area contributed by atoms with Gasteiger partial charge in [0.2, 0.25) is 0 Å².